The number of ketones is 1. The molecule has 0 unspecified atom stereocenters. The van der Waals surface area contributed by atoms with E-state index in [0.717, 1.165) is 0 Å². The first-order valence-electron chi connectivity index (χ1n) is 4.29. The predicted octanol–water partition coefficient (Wildman–Crippen LogP) is 1.28. The molecule has 0 spiro atoms. The molecule has 1 N–H and O–H groups in total. The van der Waals surface area contributed by atoms with E-state index in [1.807, 2.05) is 0 Å². The summed E-state index contributed by atoms with van der Waals surface area (Å²) in [5.41, 5.74) is 0.745. The Balaban J connectivity index is 2.76. The first kappa shape index (κ1) is 9.64. The Kier molecular flexibility index (Phi) is 1.96. The average Bonchev–Trinajstić information content (AvgIpc) is 2.44. The lowest BCUT2D eigenvalue weighted by molar-refractivity contribution is -0.112. The van der Waals surface area contributed by atoms with E-state index >= 15 is 0 Å². The molecule has 4 nitrogen and oxygen atoms in total. The van der Waals surface area contributed by atoms with Crippen LogP contribution in [0.1, 0.15) is 15.9 Å². The van der Waals surface area contributed by atoms with Crippen molar-refractivity contribution in [2.75, 3.05) is 12.4 Å². The van der Waals surface area contributed by atoms with Gasteiger partial charge in [0.1, 0.15) is 0 Å². The van der Waals surface area contributed by atoms with Crippen LogP contribution in [0.3, 0.4) is 0 Å². The number of amides is 1. The van der Waals surface area contributed by atoms with Crippen molar-refractivity contribution in [3.05, 3.63) is 23.0 Å². The van der Waals surface area contributed by atoms with Crippen molar-refractivity contribution >= 4 is 17.4 Å². The van der Waals surface area contributed by atoms with Crippen LogP contribution in [0.2, 0.25) is 0 Å². The third-order valence-corrected chi connectivity index (χ3v) is 2.31. The van der Waals surface area contributed by atoms with Gasteiger partial charge in [-0.05, 0) is 18.6 Å². The van der Waals surface area contributed by atoms with E-state index < -0.39 is 17.5 Å². The number of anilines is 1. The zero-order valence-electron chi connectivity index (χ0n) is 8.18. The number of Topliss-reactive ketones (excluding diaryl/α,β-unsaturated/α-hetero) is 1. The zero-order chi connectivity index (χ0) is 11.2. The summed E-state index contributed by atoms with van der Waals surface area (Å²) >= 11 is 0. The lowest BCUT2D eigenvalue weighted by atomic mass is 10.0. The quantitative estimate of drug-likeness (QED) is 0.709. The van der Waals surface area contributed by atoms with Crippen molar-refractivity contribution in [3.8, 4) is 5.75 Å². The summed E-state index contributed by atoms with van der Waals surface area (Å²) in [5, 5.41) is 2.29. The highest BCUT2D eigenvalue weighted by atomic mass is 19.1. The molecule has 0 bridgehead atoms. The lowest BCUT2D eigenvalue weighted by Crippen LogP contribution is -2.12. The maximum Gasteiger partial charge on any atom is 0.296 e. The SMILES string of the molecule is COc1c(F)cc(C)c2c1NC(=O)C2=O. The van der Waals surface area contributed by atoms with Crippen LogP contribution in [-0.4, -0.2) is 18.8 Å². The number of ether oxygens (including phenoxy) is 1. The molecule has 78 valence electrons. The second kappa shape index (κ2) is 3.05. The van der Waals surface area contributed by atoms with E-state index in [2.05, 4.69) is 5.32 Å². The highest BCUT2D eigenvalue weighted by Crippen LogP contribution is 2.37. The fourth-order valence-corrected chi connectivity index (χ4v) is 1.65. The number of nitrogens with one attached hydrogen (secondary N) is 1. The molecular weight excluding hydrogens is 201 g/mol. The Hall–Kier alpha value is -1.91. The summed E-state index contributed by atoms with van der Waals surface area (Å²) < 4.78 is 18.2. The Labute approximate surface area is 85.0 Å². The minimum absolute atomic E-state index is 0.102. The first-order valence-corrected chi connectivity index (χ1v) is 4.29. The van der Waals surface area contributed by atoms with Crippen LogP contribution < -0.4 is 10.1 Å². The first-order chi connectivity index (χ1) is 7.06. The molecule has 0 aromatic heterocycles. The summed E-state index contributed by atoms with van der Waals surface area (Å²) in [6.45, 7) is 1.57. The Morgan fingerprint density at radius 1 is 1.40 bits per heavy atom. The number of methoxy groups -OCH3 is 1. The van der Waals surface area contributed by atoms with Gasteiger partial charge in [-0.1, -0.05) is 0 Å². The van der Waals surface area contributed by atoms with Gasteiger partial charge in [-0.3, -0.25) is 9.59 Å². The highest BCUT2D eigenvalue weighted by molar-refractivity contribution is 6.52. The summed E-state index contributed by atoms with van der Waals surface area (Å²) in [6.07, 6.45) is 0. The van der Waals surface area contributed by atoms with Gasteiger partial charge in [-0.2, -0.15) is 0 Å². The summed E-state index contributed by atoms with van der Waals surface area (Å²) in [4.78, 5) is 22.5. The van der Waals surface area contributed by atoms with Crippen molar-refractivity contribution in [2.24, 2.45) is 0 Å². The summed E-state index contributed by atoms with van der Waals surface area (Å²) in [5.74, 6) is -2.10. The number of halogens is 1. The molecule has 0 saturated heterocycles. The maximum absolute atomic E-state index is 13.4. The highest BCUT2D eigenvalue weighted by Gasteiger charge is 2.33. The normalized spacial score (nSPS) is 13.8. The molecule has 0 aliphatic carbocycles. The third-order valence-electron chi connectivity index (χ3n) is 2.31. The molecule has 5 heteroatoms. The van der Waals surface area contributed by atoms with Crippen molar-refractivity contribution < 1.29 is 18.7 Å². The number of carbonyl (C=O) groups is 2. The van der Waals surface area contributed by atoms with Crippen LogP contribution >= 0.6 is 0 Å². The van der Waals surface area contributed by atoms with E-state index in [-0.39, 0.29) is 17.0 Å². The fourth-order valence-electron chi connectivity index (χ4n) is 1.65. The van der Waals surface area contributed by atoms with Gasteiger partial charge in [-0.25, -0.2) is 4.39 Å². The molecule has 1 aromatic carbocycles. The van der Waals surface area contributed by atoms with Crippen molar-refractivity contribution in [3.63, 3.8) is 0 Å². The van der Waals surface area contributed by atoms with Crippen LogP contribution in [-0.2, 0) is 4.79 Å². The minimum Gasteiger partial charge on any atom is -0.492 e. The van der Waals surface area contributed by atoms with E-state index in [1.165, 1.54) is 13.2 Å². The predicted molar refractivity (Wildman–Crippen MR) is 50.6 cm³/mol. The van der Waals surface area contributed by atoms with Gasteiger partial charge < -0.3 is 10.1 Å². The molecule has 15 heavy (non-hydrogen) atoms. The number of hydrogen-bond donors (Lipinski definition) is 1. The van der Waals surface area contributed by atoms with E-state index in [4.69, 9.17) is 4.74 Å². The van der Waals surface area contributed by atoms with E-state index in [0.29, 0.717) is 5.56 Å². The number of fused-ring (bicyclic) bond motifs is 1. The minimum atomic E-state index is -0.753. The molecular formula is C10H8FNO3. The summed E-state index contributed by atoms with van der Waals surface area (Å²) in [7, 11) is 1.28. The van der Waals surface area contributed by atoms with E-state index in [9.17, 15) is 14.0 Å². The van der Waals surface area contributed by atoms with Crippen LogP contribution in [0, 0.1) is 12.7 Å². The van der Waals surface area contributed by atoms with Crippen LogP contribution in [0.4, 0.5) is 10.1 Å². The topological polar surface area (TPSA) is 55.4 Å². The van der Waals surface area contributed by atoms with Gasteiger partial charge in [0.2, 0.25) is 0 Å². The molecule has 0 saturated carbocycles. The van der Waals surface area contributed by atoms with Crippen LogP contribution in [0.5, 0.6) is 5.75 Å². The smallest absolute Gasteiger partial charge is 0.296 e. The molecule has 0 atom stereocenters. The molecule has 1 heterocycles. The average molecular weight is 209 g/mol. The standard InChI is InChI=1S/C10H8FNO3/c1-4-3-5(11)9(15-2)7-6(4)8(13)10(14)12-7/h3H,1-2H3,(H,12,13,14). The third kappa shape index (κ3) is 1.20. The fraction of sp³-hybridized carbons (Fsp3) is 0.200. The molecule has 1 aliphatic rings. The van der Waals surface area contributed by atoms with Gasteiger partial charge in [0, 0.05) is 0 Å². The number of carbonyl (C=O) groups excluding carboxylic acids is 2. The molecule has 0 radical (unpaired) electrons. The number of benzene rings is 1. The second-order valence-electron chi connectivity index (χ2n) is 3.24. The van der Waals surface area contributed by atoms with Crippen molar-refractivity contribution in [1.29, 1.82) is 0 Å². The number of hydrogen-bond acceptors (Lipinski definition) is 3. The van der Waals surface area contributed by atoms with Crippen molar-refractivity contribution in [1.82, 2.24) is 0 Å². The second-order valence-corrected chi connectivity index (χ2v) is 3.24. The maximum atomic E-state index is 13.4. The van der Waals surface area contributed by atoms with Gasteiger partial charge in [0.25, 0.3) is 11.7 Å². The van der Waals surface area contributed by atoms with Crippen LogP contribution in [0.25, 0.3) is 0 Å². The molecule has 1 aromatic rings. The Bertz CT molecular complexity index is 482. The van der Waals surface area contributed by atoms with Crippen LogP contribution in [0.15, 0.2) is 6.07 Å². The summed E-state index contributed by atoms with van der Waals surface area (Å²) in [6, 6.07) is 1.18. The lowest BCUT2D eigenvalue weighted by Gasteiger charge is -2.08. The van der Waals surface area contributed by atoms with Gasteiger partial charge >= 0.3 is 0 Å². The molecule has 1 aliphatic heterocycles. The largest absolute Gasteiger partial charge is 0.492 e. The molecule has 0 fully saturated rings. The van der Waals surface area contributed by atoms with E-state index in [1.54, 1.807) is 6.92 Å². The number of rotatable bonds is 1. The molecule has 2 rings (SSSR count). The zero-order valence-corrected chi connectivity index (χ0v) is 8.18. The Morgan fingerprint density at radius 2 is 2.07 bits per heavy atom. The van der Waals surface area contributed by atoms with Gasteiger partial charge in [-0.15, -0.1) is 0 Å². The Morgan fingerprint density at radius 3 is 2.67 bits per heavy atom. The number of aryl methyl sites for hydroxylation is 1. The van der Waals surface area contributed by atoms with Gasteiger partial charge in [0.15, 0.2) is 11.6 Å². The van der Waals surface area contributed by atoms with Crippen molar-refractivity contribution in [2.45, 2.75) is 6.92 Å². The monoisotopic (exact) mass is 209 g/mol. The van der Waals surface area contributed by atoms with Gasteiger partial charge in [0.05, 0.1) is 18.4 Å². The molecule has 1 amide bonds.